The predicted molar refractivity (Wildman–Crippen MR) is 76.7 cm³/mol. The van der Waals surface area contributed by atoms with Gasteiger partial charge in [-0.15, -0.1) is 0 Å². The Bertz CT molecular complexity index is 568. The first-order valence-corrected chi connectivity index (χ1v) is 8.22. The Morgan fingerprint density at radius 3 is 2.85 bits per heavy atom. The second-order valence-electron chi connectivity index (χ2n) is 5.42. The summed E-state index contributed by atoms with van der Waals surface area (Å²) in [6.07, 6.45) is 1.88. The van der Waals surface area contributed by atoms with E-state index in [4.69, 9.17) is 5.73 Å². The van der Waals surface area contributed by atoms with E-state index in [1.54, 1.807) is 14.0 Å². The minimum atomic E-state index is -3.60. The number of sulfonamides is 1. The second-order valence-corrected chi connectivity index (χ2v) is 7.33. The first-order valence-electron chi connectivity index (χ1n) is 6.78. The van der Waals surface area contributed by atoms with Crippen LogP contribution in [0.3, 0.4) is 0 Å². The largest absolute Gasteiger partial charge is 0.326 e. The van der Waals surface area contributed by atoms with Crippen molar-refractivity contribution < 1.29 is 8.42 Å². The predicted octanol–water partition coefficient (Wildman–Crippen LogP) is -0.108. The average molecular weight is 301 g/mol. The zero-order valence-electron chi connectivity index (χ0n) is 12.3. The van der Waals surface area contributed by atoms with Gasteiger partial charge >= 0.3 is 0 Å². The molecule has 1 unspecified atom stereocenters. The number of hydrogen-bond acceptors (Lipinski definition) is 5. The zero-order valence-corrected chi connectivity index (χ0v) is 13.1. The molecule has 1 saturated heterocycles. The molecule has 1 aliphatic rings. The van der Waals surface area contributed by atoms with Crippen LogP contribution in [0.15, 0.2) is 5.03 Å². The monoisotopic (exact) mass is 301 g/mol. The molecule has 1 atom stereocenters. The van der Waals surface area contributed by atoms with Crippen LogP contribution in [-0.4, -0.2) is 61.0 Å². The number of H-pyrrole nitrogens is 1. The Labute approximate surface area is 120 Å². The Hall–Kier alpha value is -0.960. The van der Waals surface area contributed by atoms with Crippen LogP contribution >= 0.6 is 0 Å². The molecule has 0 aliphatic carbocycles. The molecule has 0 spiro atoms. The first kappa shape index (κ1) is 15.4. The molecule has 1 aliphatic heterocycles. The lowest BCUT2D eigenvalue weighted by atomic mass is 10.1. The number of likely N-dealkylation sites (tertiary alicyclic amines) is 1. The summed E-state index contributed by atoms with van der Waals surface area (Å²) < 4.78 is 26.8. The third-order valence-electron chi connectivity index (χ3n) is 3.98. The van der Waals surface area contributed by atoms with Crippen LogP contribution in [0.25, 0.3) is 0 Å². The van der Waals surface area contributed by atoms with Crippen LogP contribution < -0.4 is 5.73 Å². The number of aromatic amines is 1. The molecular formula is C12H23N5O2S. The maximum absolute atomic E-state index is 12.7. The fourth-order valence-corrected chi connectivity index (χ4v) is 4.20. The zero-order chi connectivity index (χ0) is 14.9. The molecule has 2 rings (SSSR count). The summed E-state index contributed by atoms with van der Waals surface area (Å²) in [6, 6.07) is -0.0126. The van der Waals surface area contributed by atoms with Crippen molar-refractivity contribution in [2.24, 2.45) is 5.73 Å². The van der Waals surface area contributed by atoms with Crippen molar-refractivity contribution in [3.63, 3.8) is 0 Å². The molecule has 1 aromatic rings. The van der Waals surface area contributed by atoms with Crippen LogP contribution in [0, 0.1) is 6.92 Å². The van der Waals surface area contributed by atoms with Gasteiger partial charge in [-0.25, -0.2) is 8.42 Å². The van der Waals surface area contributed by atoms with Crippen LogP contribution in [0.2, 0.25) is 0 Å². The van der Waals surface area contributed by atoms with Gasteiger partial charge in [-0.3, -0.25) is 5.10 Å². The van der Waals surface area contributed by atoms with Crippen LogP contribution in [0.4, 0.5) is 0 Å². The van der Waals surface area contributed by atoms with Gasteiger partial charge in [0, 0.05) is 37.4 Å². The number of piperidine rings is 1. The number of hydrogen-bond donors (Lipinski definition) is 2. The van der Waals surface area contributed by atoms with Crippen molar-refractivity contribution in [2.45, 2.75) is 37.4 Å². The topological polar surface area (TPSA) is 95.3 Å². The first-order chi connectivity index (χ1) is 9.37. The molecule has 7 nitrogen and oxygen atoms in total. The lowest BCUT2D eigenvalue weighted by Gasteiger charge is -2.34. The van der Waals surface area contributed by atoms with Gasteiger partial charge in [0.2, 0.25) is 0 Å². The summed E-state index contributed by atoms with van der Waals surface area (Å²) in [5.74, 6) is 0. The van der Waals surface area contributed by atoms with E-state index in [-0.39, 0.29) is 17.6 Å². The summed E-state index contributed by atoms with van der Waals surface area (Å²) in [5.41, 5.74) is 6.92. The van der Waals surface area contributed by atoms with E-state index in [9.17, 15) is 8.42 Å². The van der Waals surface area contributed by atoms with E-state index in [1.165, 1.54) is 4.31 Å². The molecule has 2 heterocycles. The summed E-state index contributed by atoms with van der Waals surface area (Å²) in [7, 11) is 0.0393. The Kier molecular flexibility index (Phi) is 4.48. The molecule has 1 fully saturated rings. The highest BCUT2D eigenvalue weighted by Gasteiger charge is 2.33. The van der Waals surface area contributed by atoms with Crippen LogP contribution in [0.1, 0.15) is 24.1 Å². The van der Waals surface area contributed by atoms with Crippen molar-refractivity contribution in [1.82, 2.24) is 19.4 Å². The highest BCUT2D eigenvalue weighted by molar-refractivity contribution is 7.89. The molecule has 3 N–H and O–H groups in total. The third kappa shape index (κ3) is 2.73. The van der Waals surface area contributed by atoms with Gasteiger partial charge in [-0.1, -0.05) is 0 Å². The maximum atomic E-state index is 12.7. The summed E-state index contributed by atoms with van der Waals surface area (Å²) in [6.45, 7) is 3.70. The maximum Gasteiger partial charge on any atom is 0.262 e. The van der Waals surface area contributed by atoms with Gasteiger partial charge < -0.3 is 10.6 Å². The molecule has 0 saturated carbocycles. The normalized spacial score (nSPS) is 21.6. The standard InChI is InChI=1S/C12H23N5O2S/c1-9-11(7-13)12(15-14-9)20(18,19)17(3)10-5-4-6-16(2)8-10/h10H,4-8,13H2,1-3H3,(H,14,15). The van der Waals surface area contributed by atoms with E-state index in [2.05, 4.69) is 15.1 Å². The summed E-state index contributed by atoms with van der Waals surface area (Å²) in [5, 5.41) is 6.72. The lowest BCUT2D eigenvalue weighted by Crippen LogP contribution is -2.47. The van der Waals surface area contributed by atoms with Crippen molar-refractivity contribution in [2.75, 3.05) is 27.2 Å². The van der Waals surface area contributed by atoms with E-state index in [0.29, 0.717) is 11.3 Å². The van der Waals surface area contributed by atoms with E-state index >= 15 is 0 Å². The third-order valence-corrected chi connectivity index (χ3v) is 5.86. The van der Waals surface area contributed by atoms with Crippen molar-refractivity contribution in [3.8, 4) is 0 Å². The van der Waals surface area contributed by atoms with Gasteiger partial charge in [-0.2, -0.15) is 9.40 Å². The molecule has 114 valence electrons. The van der Waals surface area contributed by atoms with E-state index in [0.717, 1.165) is 25.9 Å². The number of rotatable bonds is 4. The summed E-state index contributed by atoms with van der Waals surface area (Å²) >= 11 is 0. The van der Waals surface area contributed by atoms with Crippen molar-refractivity contribution in [1.29, 1.82) is 0 Å². The number of nitrogens with one attached hydrogen (secondary N) is 1. The average Bonchev–Trinajstić information content (AvgIpc) is 2.79. The number of aryl methyl sites for hydroxylation is 1. The van der Waals surface area contributed by atoms with Gasteiger partial charge in [-0.05, 0) is 33.4 Å². The smallest absolute Gasteiger partial charge is 0.262 e. The van der Waals surface area contributed by atoms with E-state index in [1.807, 2.05) is 7.05 Å². The quantitative estimate of drug-likeness (QED) is 0.809. The lowest BCUT2D eigenvalue weighted by molar-refractivity contribution is 0.187. The molecule has 0 aromatic carbocycles. The van der Waals surface area contributed by atoms with Gasteiger partial charge in [0.1, 0.15) is 0 Å². The van der Waals surface area contributed by atoms with E-state index < -0.39 is 10.0 Å². The van der Waals surface area contributed by atoms with Crippen LogP contribution in [-0.2, 0) is 16.6 Å². The molecule has 0 radical (unpaired) electrons. The highest BCUT2D eigenvalue weighted by Crippen LogP contribution is 2.23. The Morgan fingerprint density at radius 1 is 1.55 bits per heavy atom. The number of likely N-dealkylation sites (N-methyl/N-ethyl adjacent to an activating group) is 2. The Morgan fingerprint density at radius 2 is 2.25 bits per heavy atom. The van der Waals surface area contributed by atoms with Gasteiger partial charge in [0.05, 0.1) is 0 Å². The molecule has 1 aromatic heterocycles. The SMILES string of the molecule is Cc1[nH]nc(S(=O)(=O)N(C)C2CCCN(C)C2)c1CN. The number of aromatic nitrogens is 2. The van der Waals surface area contributed by atoms with Gasteiger partial charge in [0.25, 0.3) is 10.0 Å². The molecule has 0 bridgehead atoms. The molecule has 20 heavy (non-hydrogen) atoms. The summed E-state index contributed by atoms with van der Waals surface area (Å²) in [4.78, 5) is 2.15. The Balaban J connectivity index is 2.29. The van der Waals surface area contributed by atoms with Gasteiger partial charge in [0.15, 0.2) is 5.03 Å². The second kappa shape index (κ2) is 5.80. The number of nitrogens with zero attached hydrogens (tertiary/aromatic N) is 3. The molecule has 0 amide bonds. The fraction of sp³-hybridized carbons (Fsp3) is 0.750. The number of nitrogens with two attached hydrogens (primary N) is 1. The van der Waals surface area contributed by atoms with Crippen LogP contribution in [0.5, 0.6) is 0 Å². The highest BCUT2D eigenvalue weighted by atomic mass is 32.2. The molecule has 8 heteroatoms. The minimum Gasteiger partial charge on any atom is -0.326 e. The molecular weight excluding hydrogens is 278 g/mol. The van der Waals surface area contributed by atoms with Crippen molar-refractivity contribution >= 4 is 10.0 Å². The van der Waals surface area contributed by atoms with Crippen molar-refractivity contribution in [3.05, 3.63) is 11.3 Å². The fourth-order valence-electron chi connectivity index (χ4n) is 2.65. The minimum absolute atomic E-state index is 0.0126.